The second-order valence-corrected chi connectivity index (χ2v) is 13.1. The highest BCUT2D eigenvalue weighted by Gasteiger charge is 2.52. The van der Waals surface area contributed by atoms with Crippen LogP contribution in [0.15, 0.2) is 53.4 Å². The molecule has 9 nitrogen and oxygen atoms in total. The number of carbonyl (C=O) groups is 3. The third kappa shape index (κ3) is 6.53. The van der Waals surface area contributed by atoms with Crippen LogP contribution in [0.25, 0.3) is 0 Å². The van der Waals surface area contributed by atoms with Crippen LogP contribution in [0, 0.1) is 11.3 Å². The lowest BCUT2D eigenvalue weighted by Gasteiger charge is -2.26. The number of likely N-dealkylation sites (tertiary alicyclic amines) is 1. The van der Waals surface area contributed by atoms with Gasteiger partial charge in [0.15, 0.2) is 9.84 Å². The van der Waals surface area contributed by atoms with Crippen molar-refractivity contribution in [3.63, 3.8) is 0 Å². The van der Waals surface area contributed by atoms with E-state index in [-0.39, 0.29) is 43.2 Å². The number of halogens is 6. The number of hydrogen-bond donors (Lipinski definition) is 0. The average Bonchev–Trinajstić information content (AvgIpc) is 3.38. The Morgan fingerprint density at radius 1 is 0.956 bits per heavy atom. The molecule has 0 N–H and O–H groups in total. The summed E-state index contributed by atoms with van der Waals surface area (Å²) in [4.78, 5) is 41.2. The molecule has 45 heavy (non-hydrogen) atoms. The van der Waals surface area contributed by atoms with Crippen molar-refractivity contribution in [3.8, 4) is 6.07 Å². The van der Waals surface area contributed by atoms with Gasteiger partial charge in [-0.25, -0.2) is 18.1 Å². The van der Waals surface area contributed by atoms with Crippen molar-refractivity contribution in [3.05, 3.63) is 70.8 Å². The number of imide groups is 1. The van der Waals surface area contributed by atoms with Crippen molar-refractivity contribution in [1.29, 1.82) is 5.26 Å². The predicted octanol–water partition coefficient (Wildman–Crippen LogP) is 5.12. The molecule has 0 spiro atoms. The van der Waals surface area contributed by atoms with Crippen LogP contribution in [0.5, 0.6) is 0 Å². The second-order valence-electron chi connectivity index (χ2n) is 11.1. The predicted molar refractivity (Wildman–Crippen MR) is 147 cm³/mol. The summed E-state index contributed by atoms with van der Waals surface area (Å²) in [6.07, 6.45) is -6.30. The summed E-state index contributed by atoms with van der Waals surface area (Å²) in [6, 6.07) is 5.90. The topological polar surface area (TPSA) is 119 Å². The number of nitrogens with zero attached hydrogens (tertiary/aromatic N) is 4. The van der Waals surface area contributed by atoms with E-state index >= 15 is 0 Å². The Bertz CT molecular complexity index is 1740. The number of benzene rings is 2. The minimum absolute atomic E-state index is 0.00751. The Balaban J connectivity index is 1.47. The van der Waals surface area contributed by atoms with E-state index in [4.69, 9.17) is 5.26 Å². The van der Waals surface area contributed by atoms with Gasteiger partial charge < -0.3 is 9.80 Å². The smallest absolute Gasteiger partial charge is 0.338 e. The van der Waals surface area contributed by atoms with Crippen molar-refractivity contribution in [2.24, 2.45) is 0 Å². The van der Waals surface area contributed by atoms with Crippen LogP contribution < -0.4 is 4.90 Å². The van der Waals surface area contributed by atoms with E-state index in [0.717, 1.165) is 29.2 Å². The number of amides is 4. The summed E-state index contributed by atoms with van der Waals surface area (Å²) in [5.41, 5.74) is -4.96. The van der Waals surface area contributed by atoms with E-state index < -0.39 is 67.2 Å². The molecule has 2 aromatic carbocycles. The highest BCUT2D eigenvalue weighted by molar-refractivity contribution is 7.90. The van der Waals surface area contributed by atoms with Gasteiger partial charge in [-0.3, -0.25) is 9.59 Å². The Morgan fingerprint density at radius 2 is 1.58 bits per heavy atom. The molecule has 0 aliphatic carbocycles. The molecule has 16 heteroatoms. The normalized spacial score (nSPS) is 19.2. The minimum Gasteiger partial charge on any atom is -0.338 e. The lowest BCUT2D eigenvalue weighted by atomic mass is 9.96. The molecule has 4 rings (SSSR count). The number of rotatable bonds is 7. The molecule has 2 heterocycles. The van der Waals surface area contributed by atoms with E-state index in [1.54, 1.807) is 0 Å². The molecule has 2 fully saturated rings. The van der Waals surface area contributed by atoms with Gasteiger partial charge in [0.2, 0.25) is 5.91 Å². The zero-order chi connectivity index (χ0) is 33.7. The van der Waals surface area contributed by atoms with Crippen LogP contribution in [-0.4, -0.2) is 67.5 Å². The number of anilines is 1. The van der Waals surface area contributed by atoms with E-state index in [0.29, 0.717) is 17.2 Å². The number of alkyl halides is 6. The third-order valence-electron chi connectivity index (χ3n) is 7.69. The highest BCUT2D eigenvalue weighted by atomic mass is 32.2. The van der Waals surface area contributed by atoms with Crippen LogP contribution in [0.3, 0.4) is 0 Å². The SMILES string of the molecule is CC1(C)C(=O)N(c2ccc(C#N)c(C(F)(F)F)c2)C(=O)N1C/C=C\CN1CC(c2ccc(S(C)(=O)=O)c(C(F)(F)F)c2)CC1=O. The maximum absolute atomic E-state index is 13.6. The number of hydrogen-bond acceptors (Lipinski definition) is 6. The average molecular weight is 657 g/mol. The first-order valence-corrected chi connectivity index (χ1v) is 15.2. The lowest BCUT2D eigenvalue weighted by molar-refractivity contribution is -0.140. The molecule has 0 aromatic heterocycles. The van der Waals surface area contributed by atoms with Crippen molar-refractivity contribution in [1.82, 2.24) is 9.80 Å². The van der Waals surface area contributed by atoms with Crippen LogP contribution in [0.1, 0.15) is 48.4 Å². The van der Waals surface area contributed by atoms with E-state index in [2.05, 4.69) is 0 Å². The van der Waals surface area contributed by atoms with Crippen LogP contribution >= 0.6 is 0 Å². The summed E-state index contributed by atoms with van der Waals surface area (Å²) in [5.74, 6) is -1.80. The van der Waals surface area contributed by atoms with Gasteiger partial charge in [-0.2, -0.15) is 31.6 Å². The summed E-state index contributed by atoms with van der Waals surface area (Å²) >= 11 is 0. The van der Waals surface area contributed by atoms with Gasteiger partial charge in [0.1, 0.15) is 5.54 Å². The van der Waals surface area contributed by atoms with Gasteiger partial charge in [-0.05, 0) is 49.7 Å². The van der Waals surface area contributed by atoms with Gasteiger partial charge in [0.05, 0.1) is 33.3 Å². The molecular weight excluding hydrogens is 630 g/mol. The number of sulfone groups is 1. The Hall–Kier alpha value is -4.39. The lowest BCUT2D eigenvalue weighted by Crippen LogP contribution is -2.44. The Morgan fingerprint density at radius 3 is 2.16 bits per heavy atom. The molecule has 2 aliphatic heterocycles. The maximum atomic E-state index is 13.6. The Labute approximate surface area is 254 Å². The van der Waals surface area contributed by atoms with Crippen LogP contribution in [0.2, 0.25) is 0 Å². The largest absolute Gasteiger partial charge is 0.417 e. The second kappa shape index (κ2) is 11.5. The molecule has 0 saturated carbocycles. The van der Waals surface area contributed by atoms with Gasteiger partial charge in [-0.15, -0.1) is 0 Å². The fourth-order valence-corrected chi connectivity index (χ4v) is 6.16. The Kier molecular flexibility index (Phi) is 8.57. The highest BCUT2D eigenvalue weighted by Crippen LogP contribution is 2.39. The zero-order valence-electron chi connectivity index (χ0n) is 24.0. The van der Waals surface area contributed by atoms with Crippen molar-refractivity contribution < 1.29 is 49.1 Å². The monoisotopic (exact) mass is 656 g/mol. The van der Waals surface area contributed by atoms with Crippen LogP contribution in [0.4, 0.5) is 36.8 Å². The van der Waals surface area contributed by atoms with Crippen molar-refractivity contribution >= 4 is 33.4 Å². The number of nitriles is 1. The van der Waals surface area contributed by atoms with Crippen molar-refractivity contribution in [2.75, 3.05) is 30.8 Å². The van der Waals surface area contributed by atoms with Gasteiger partial charge in [0, 0.05) is 38.2 Å². The molecule has 240 valence electrons. The van der Waals surface area contributed by atoms with Gasteiger partial charge in [0.25, 0.3) is 5.91 Å². The summed E-state index contributed by atoms with van der Waals surface area (Å²) < 4.78 is 105. The molecule has 0 radical (unpaired) electrons. The molecule has 2 saturated heterocycles. The molecule has 2 aromatic rings. The first-order chi connectivity index (χ1) is 20.7. The molecule has 0 bridgehead atoms. The standard InChI is InChI=1S/C29H26F6N4O5S/c1-27(2)25(41)39(20-8-6-18(15-36)21(14-20)28(30,31)32)26(42)38(27)11-5-4-10-37-16-19(13-24(37)40)17-7-9-23(45(3,43)44)22(12-17)29(33,34)35/h4-9,12,14,19H,10-11,13,16H2,1-3H3/b5-4-. The molecular formula is C29H26F6N4O5S. The zero-order valence-corrected chi connectivity index (χ0v) is 24.8. The molecule has 1 atom stereocenters. The summed E-state index contributed by atoms with van der Waals surface area (Å²) in [7, 11) is -4.16. The summed E-state index contributed by atoms with van der Waals surface area (Å²) in [6.45, 7) is 2.71. The molecule has 4 amide bonds. The first-order valence-electron chi connectivity index (χ1n) is 13.3. The van der Waals surface area contributed by atoms with Gasteiger partial charge >= 0.3 is 18.4 Å². The number of carbonyl (C=O) groups excluding carboxylic acids is 3. The fraction of sp³-hybridized carbons (Fsp3) is 0.379. The van der Waals surface area contributed by atoms with Crippen LogP contribution in [-0.2, 0) is 31.8 Å². The van der Waals surface area contributed by atoms with Crippen molar-refractivity contribution in [2.45, 2.75) is 49.0 Å². The van der Waals surface area contributed by atoms with Gasteiger partial charge in [-0.1, -0.05) is 18.2 Å². The van der Waals surface area contributed by atoms with E-state index in [9.17, 15) is 49.1 Å². The quantitative estimate of drug-likeness (QED) is 0.232. The number of urea groups is 1. The minimum atomic E-state index is -4.93. The maximum Gasteiger partial charge on any atom is 0.417 e. The van der Waals surface area contributed by atoms with E-state index in [1.807, 2.05) is 0 Å². The first kappa shape index (κ1) is 33.5. The third-order valence-corrected chi connectivity index (χ3v) is 8.84. The molecule has 1 unspecified atom stereocenters. The summed E-state index contributed by atoms with van der Waals surface area (Å²) in [5, 5.41) is 9.03. The molecule has 2 aliphatic rings. The fourth-order valence-electron chi connectivity index (χ4n) is 5.27. The van der Waals surface area contributed by atoms with E-state index in [1.165, 1.54) is 43.0 Å².